The predicted molar refractivity (Wildman–Crippen MR) is 69.0 cm³/mol. The molecule has 1 atom stereocenters. The van der Waals surface area contributed by atoms with E-state index in [9.17, 15) is 5.11 Å². The van der Waals surface area contributed by atoms with Gasteiger partial charge in [-0.05, 0) is 31.6 Å². The number of hydrogen-bond donors (Lipinski definition) is 2. The van der Waals surface area contributed by atoms with E-state index < -0.39 is 5.60 Å². The van der Waals surface area contributed by atoms with Gasteiger partial charge >= 0.3 is 0 Å². The summed E-state index contributed by atoms with van der Waals surface area (Å²) in [4.78, 5) is 0. The van der Waals surface area contributed by atoms with Crippen molar-refractivity contribution in [2.45, 2.75) is 63.5 Å². The Kier molecular flexibility index (Phi) is 4.83. The van der Waals surface area contributed by atoms with E-state index >= 15 is 0 Å². The molecular weight excluding hydrogens is 214 g/mol. The highest BCUT2D eigenvalue weighted by molar-refractivity contribution is 4.87. The molecule has 1 aliphatic heterocycles. The van der Waals surface area contributed by atoms with Crippen LogP contribution in [-0.2, 0) is 4.74 Å². The molecule has 1 unspecified atom stereocenters. The molecule has 0 aromatic carbocycles. The van der Waals surface area contributed by atoms with Crippen molar-refractivity contribution >= 4 is 0 Å². The molecule has 2 N–H and O–H groups in total. The smallest absolute Gasteiger partial charge is 0.102 e. The molecule has 0 aromatic rings. The molecule has 2 fully saturated rings. The minimum Gasteiger partial charge on any atom is -0.386 e. The molecule has 0 spiro atoms. The zero-order chi connectivity index (χ0) is 12.1. The SMILES string of the molecule is CCCC1CCC(NCC2(O)CCOC2)CC1. The molecule has 2 aliphatic rings. The molecule has 2 rings (SSSR count). The lowest BCUT2D eigenvalue weighted by molar-refractivity contribution is 0.0232. The van der Waals surface area contributed by atoms with Crippen LogP contribution in [-0.4, -0.2) is 36.5 Å². The first-order chi connectivity index (χ1) is 8.22. The number of hydrogen-bond acceptors (Lipinski definition) is 3. The van der Waals surface area contributed by atoms with Gasteiger partial charge in [-0.25, -0.2) is 0 Å². The average Bonchev–Trinajstić information content (AvgIpc) is 2.76. The molecule has 1 saturated carbocycles. The van der Waals surface area contributed by atoms with Crippen LogP contribution in [0.5, 0.6) is 0 Å². The van der Waals surface area contributed by atoms with E-state index in [1.54, 1.807) is 0 Å². The summed E-state index contributed by atoms with van der Waals surface area (Å²) in [5.41, 5.74) is -0.597. The molecule has 3 heteroatoms. The highest BCUT2D eigenvalue weighted by Gasteiger charge is 2.33. The van der Waals surface area contributed by atoms with Crippen LogP contribution in [0.4, 0.5) is 0 Å². The van der Waals surface area contributed by atoms with Crippen LogP contribution in [0.1, 0.15) is 51.9 Å². The lowest BCUT2D eigenvalue weighted by Gasteiger charge is -2.31. The second kappa shape index (κ2) is 6.17. The minimum atomic E-state index is -0.597. The quantitative estimate of drug-likeness (QED) is 0.774. The monoisotopic (exact) mass is 241 g/mol. The minimum absolute atomic E-state index is 0.505. The maximum Gasteiger partial charge on any atom is 0.102 e. The third kappa shape index (κ3) is 3.94. The molecule has 17 heavy (non-hydrogen) atoms. The molecule has 1 saturated heterocycles. The van der Waals surface area contributed by atoms with Gasteiger partial charge in [0, 0.05) is 25.6 Å². The molecule has 3 nitrogen and oxygen atoms in total. The first kappa shape index (κ1) is 13.3. The van der Waals surface area contributed by atoms with Crippen molar-refractivity contribution in [2.24, 2.45) is 5.92 Å². The lowest BCUT2D eigenvalue weighted by atomic mass is 9.83. The third-order valence-corrected chi connectivity index (χ3v) is 4.35. The molecular formula is C14H27NO2. The Morgan fingerprint density at radius 1 is 1.29 bits per heavy atom. The van der Waals surface area contributed by atoms with Crippen LogP contribution >= 0.6 is 0 Å². The van der Waals surface area contributed by atoms with Crippen LogP contribution in [0.3, 0.4) is 0 Å². The van der Waals surface area contributed by atoms with Gasteiger partial charge in [-0.15, -0.1) is 0 Å². The van der Waals surface area contributed by atoms with Gasteiger partial charge in [0.1, 0.15) is 5.60 Å². The fraction of sp³-hybridized carbons (Fsp3) is 1.00. The maximum atomic E-state index is 10.2. The molecule has 1 heterocycles. The van der Waals surface area contributed by atoms with Gasteiger partial charge in [-0.2, -0.15) is 0 Å². The maximum absolute atomic E-state index is 10.2. The summed E-state index contributed by atoms with van der Waals surface area (Å²) in [7, 11) is 0. The zero-order valence-electron chi connectivity index (χ0n) is 11.1. The van der Waals surface area contributed by atoms with Crippen LogP contribution < -0.4 is 5.32 Å². The normalized spacial score (nSPS) is 38.5. The molecule has 1 aliphatic carbocycles. The van der Waals surface area contributed by atoms with Gasteiger partial charge < -0.3 is 15.2 Å². The Morgan fingerprint density at radius 3 is 2.65 bits per heavy atom. The van der Waals surface area contributed by atoms with Crippen molar-refractivity contribution in [2.75, 3.05) is 19.8 Å². The van der Waals surface area contributed by atoms with Crippen LogP contribution in [0.15, 0.2) is 0 Å². The number of rotatable bonds is 5. The summed E-state index contributed by atoms with van der Waals surface area (Å²) in [5, 5.41) is 13.7. The van der Waals surface area contributed by atoms with Gasteiger partial charge in [0.05, 0.1) is 6.61 Å². The van der Waals surface area contributed by atoms with E-state index in [1.807, 2.05) is 0 Å². The summed E-state index contributed by atoms with van der Waals surface area (Å²) in [6, 6.07) is 0.618. The van der Waals surface area contributed by atoms with E-state index in [-0.39, 0.29) is 0 Å². The highest BCUT2D eigenvalue weighted by Crippen LogP contribution is 2.28. The van der Waals surface area contributed by atoms with Gasteiger partial charge in [-0.1, -0.05) is 19.8 Å². The molecule has 0 bridgehead atoms. The lowest BCUT2D eigenvalue weighted by Crippen LogP contribution is -2.46. The Hall–Kier alpha value is -0.120. The largest absolute Gasteiger partial charge is 0.386 e. The Bertz CT molecular complexity index is 218. The van der Waals surface area contributed by atoms with Gasteiger partial charge in [0.2, 0.25) is 0 Å². The summed E-state index contributed by atoms with van der Waals surface area (Å²) in [5.74, 6) is 0.955. The van der Waals surface area contributed by atoms with Crippen molar-refractivity contribution in [1.82, 2.24) is 5.32 Å². The molecule has 0 amide bonds. The first-order valence-corrected chi connectivity index (χ1v) is 7.25. The summed E-state index contributed by atoms with van der Waals surface area (Å²) in [6.45, 7) is 4.20. The van der Waals surface area contributed by atoms with Gasteiger partial charge in [0.25, 0.3) is 0 Å². The standard InChI is InChI=1S/C14H27NO2/c1-2-3-12-4-6-13(7-5-12)15-10-14(16)8-9-17-11-14/h12-13,15-16H,2-11H2,1H3. The molecule has 0 aromatic heterocycles. The van der Waals surface area contributed by atoms with Crippen molar-refractivity contribution in [3.8, 4) is 0 Å². The van der Waals surface area contributed by atoms with E-state index in [2.05, 4.69) is 12.2 Å². The van der Waals surface area contributed by atoms with E-state index in [4.69, 9.17) is 4.74 Å². The fourth-order valence-corrected chi connectivity index (χ4v) is 3.13. The zero-order valence-corrected chi connectivity index (χ0v) is 11.1. The fourth-order valence-electron chi connectivity index (χ4n) is 3.13. The number of ether oxygens (including phenoxy) is 1. The van der Waals surface area contributed by atoms with Crippen LogP contribution in [0.2, 0.25) is 0 Å². The second-order valence-corrected chi connectivity index (χ2v) is 5.91. The highest BCUT2D eigenvalue weighted by atomic mass is 16.5. The first-order valence-electron chi connectivity index (χ1n) is 7.25. The molecule has 0 radical (unpaired) electrons. The van der Waals surface area contributed by atoms with Crippen molar-refractivity contribution in [3.63, 3.8) is 0 Å². The van der Waals surface area contributed by atoms with Gasteiger partial charge in [0.15, 0.2) is 0 Å². The van der Waals surface area contributed by atoms with E-state index in [1.165, 1.54) is 38.5 Å². The third-order valence-electron chi connectivity index (χ3n) is 4.35. The Morgan fingerprint density at radius 2 is 2.06 bits per heavy atom. The molecule has 100 valence electrons. The van der Waals surface area contributed by atoms with Gasteiger partial charge in [-0.3, -0.25) is 0 Å². The van der Waals surface area contributed by atoms with Crippen molar-refractivity contribution in [3.05, 3.63) is 0 Å². The Balaban J connectivity index is 1.64. The van der Waals surface area contributed by atoms with Crippen LogP contribution in [0.25, 0.3) is 0 Å². The topological polar surface area (TPSA) is 41.5 Å². The predicted octanol–water partition coefficient (Wildman–Crippen LogP) is 2.09. The average molecular weight is 241 g/mol. The van der Waals surface area contributed by atoms with Crippen molar-refractivity contribution < 1.29 is 9.84 Å². The summed E-state index contributed by atoms with van der Waals surface area (Å²) in [6.07, 6.45) is 8.78. The summed E-state index contributed by atoms with van der Waals surface area (Å²) < 4.78 is 5.26. The van der Waals surface area contributed by atoms with Crippen LogP contribution in [0, 0.1) is 5.92 Å². The summed E-state index contributed by atoms with van der Waals surface area (Å²) >= 11 is 0. The van der Waals surface area contributed by atoms with E-state index in [0.717, 1.165) is 12.3 Å². The Labute approximate surface area is 105 Å². The second-order valence-electron chi connectivity index (χ2n) is 5.91. The number of nitrogens with one attached hydrogen (secondary N) is 1. The van der Waals surface area contributed by atoms with E-state index in [0.29, 0.717) is 25.8 Å². The van der Waals surface area contributed by atoms with Crippen molar-refractivity contribution in [1.29, 1.82) is 0 Å². The number of aliphatic hydroxyl groups is 1.